The van der Waals surface area contributed by atoms with Gasteiger partial charge in [0.05, 0.1) is 0 Å². The van der Waals surface area contributed by atoms with Crippen molar-refractivity contribution in [2.45, 2.75) is 59.8 Å². The first kappa shape index (κ1) is 14.1. The second-order valence-electron chi connectivity index (χ2n) is 5.52. The minimum absolute atomic E-state index is 0.817. The van der Waals surface area contributed by atoms with E-state index in [1.54, 1.807) is 0 Å². The van der Waals surface area contributed by atoms with Gasteiger partial charge in [-0.1, -0.05) is 32.4 Å². The quantitative estimate of drug-likeness (QED) is 0.699. The van der Waals surface area contributed by atoms with Crippen LogP contribution in [0.1, 0.15) is 59.8 Å². The molecule has 0 spiro atoms. The van der Waals surface area contributed by atoms with Crippen molar-refractivity contribution < 1.29 is 0 Å². The van der Waals surface area contributed by atoms with Crippen LogP contribution in [0.5, 0.6) is 0 Å². The van der Waals surface area contributed by atoms with Crippen LogP contribution in [0, 0.1) is 5.92 Å². The Hall–Kier alpha value is -0.980. The summed E-state index contributed by atoms with van der Waals surface area (Å²) in [5.41, 5.74) is 12.5. The van der Waals surface area contributed by atoms with Crippen LogP contribution in [0.25, 0.3) is 0 Å². The molecule has 0 aromatic heterocycles. The van der Waals surface area contributed by atoms with Gasteiger partial charge in [0.2, 0.25) is 0 Å². The summed E-state index contributed by atoms with van der Waals surface area (Å²) in [6.45, 7) is 13.0. The largest absolute Gasteiger partial charge is 0.402 e. The average Bonchev–Trinajstić information content (AvgIpc) is 2.21. The Morgan fingerprint density at radius 2 is 2.12 bits per heavy atom. The molecule has 1 atom stereocenters. The zero-order valence-corrected chi connectivity index (χ0v) is 11.9. The lowest BCUT2D eigenvalue weighted by Gasteiger charge is -2.26. The predicted molar refractivity (Wildman–Crippen MR) is 76.7 cm³/mol. The van der Waals surface area contributed by atoms with E-state index in [2.05, 4.69) is 27.4 Å². The summed E-state index contributed by atoms with van der Waals surface area (Å²) in [5.74, 6) is 0.817. The maximum atomic E-state index is 6.08. The van der Waals surface area contributed by atoms with Crippen molar-refractivity contribution in [1.29, 1.82) is 0 Å². The third kappa shape index (κ3) is 3.49. The van der Waals surface area contributed by atoms with E-state index in [1.807, 2.05) is 6.92 Å². The zero-order chi connectivity index (χ0) is 13.0. The molecule has 1 aliphatic rings. The van der Waals surface area contributed by atoms with Gasteiger partial charge in [0.1, 0.15) is 0 Å². The molecule has 0 fully saturated rings. The van der Waals surface area contributed by atoms with Gasteiger partial charge < -0.3 is 5.73 Å². The minimum Gasteiger partial charge on any atom is -0.402 e. The highest BCUT2D eigenvalue weighted by Crippen LogP contribution is 2.36. The molecule has 0 aromatic rings. The van der Waals surface area contributed by atoms with Gasteiger partial charge in [-0.05, 0) is 62.2 Å². The molecule has 0 heterocycles. The maximum Gasteiger partial charge on any atom is 0.0128 e. The Morgan fingerprint density at radius 1 is 1.47 bits per heavy atom. The molecule has 1 nitrogen and oxygen atoms in total. The fourth-order valence-corrected chi connectivity index (χ4v) is 2.85. The molecule has 0 aliphatic heterocycles. The van der Waals surface area contributed by atoms with Crippen molar-refractivity contribution in [3.63, 3.8) is 0 Å². The highest BCUT2D eigenvalue weighted by Gasteiger charge is 2.20. The fraction of sp³-hybridized carbons (Fsp3) is 0.625. The lowest BCUT2D eigenvalue weighted by atomic mass is 9.79. The molecule has 1 unspecified atom stereocenters. The lowest BCUT2D eigenvalue weighted by molar-refractivity contribution is 0.498. The minimum atomic E-state index is 0.817. The molecule has 0 amide bonds. The third-order valence-corrected chi connectivity index (χ3v) is 3.66. The molecule has 2 N–H and O–H groups in total. The van der Waals surface area contributed by atoms with Crippen LogP contribution >= 0.6 is 0 Å². The zero-order valence-electron chi connectivity index (χ0n) is 11.9. The summed E-state index contributed by atoms with van der Waals surface area (Å²) in [7, 11) is 0. The molecule has 17 heavy (non-hydrogen) atoms. The molecule has 0 bridgehead atoms. The van der Waals surface area contributed by atoms with Crippen LogP contribution in [0.4, 0.5) is 0 Å². The number of hydrogen-bond donors (Lipinski definition) is 1. The van der Waals surface area contributed by atoms with Crippen molar-refractivity contribution in [3.05, 3.63) is 34.6 Å². The summed E-state index contributed by atoms with van der Waals surface area (Å²) in [6, 6.07) is 0. The van der Waals surface area contributed by atoms with Gasteiger partial charge in [-0.2, -0.15) is 0 Å². The van der Waals surface area contributed by atoms with Gasteiger partial charge in [0, 0.05) is 5.70 Å². The van der Waals surface area contributed by atoms with Crippen LogP contribution in [0.2, 0.25) is 0 Å². The van der Waals surface area contributed by atoms with Gasteiger partial charge in [-0.25, -0.2) is 0 Å². The smallest absolute Gasteiger partial charge is 0.0128 e. The molecule has 0 saturated heterocycles. The average molecular weight is 233 g/mol. The first-order chi connectivity index (χ1) is 7.97. The van der Waals surface area contributed by atoms with E-state index in [-0.39, 0.29) is 0 Å². The monoisotopic (exact) mass is 233 g/mol. The molecular weight excluding hydrogens is 206 g/mol. The van der Waals surface area contributed by atoms with Crippen LogP contribution in [0.3, 0.4) is 0 Å². The normalized spacial score (nSPS) is 22.5. The maximum absolute atomic E-state index is 6.08. The highest BCUT2D eigenvalue weighted by atomic mass is 14.6. The Labute approximate surface area is 106 Å². The van der Waals surface area contributed by atoms with Crippen molar-refractivity contribution in [2.75, 3.05) is 0 Å². The summed E-state index contributed by atoms with van der Waals surface area (Å²) in [4.78, 5) is 0. The second-order valence-corrected chi connectivity index (χ2v) is 5.52. The van der Waals surface area contributed by atoms with Crippen LogP contribution in [0.15, 0.2) is 34.6 Å². The molecule has 96 valence electrons. The van der Waals surface area contributed by atoms with E-state index in [4.69, 9.17) is 5.73 Å². The van der Waals surface area contributed by atoms with Crippen LogP contribution < -0.4 is 5.73 Å². The van der Waals surface area contributed by atoms with E-state index in [0.29, 0.717) is 0 Å². The lowest BCUT2D eigenvalue weighted by Crippen LogP contribution is -2.12. The third-order valence-electron chi connectivity index (χ3n) is 3.66. The van der Waals surface area contributed by atoms with Crippen molar-refractivity contribution in [1.82, 2.24) is 0 Å². The van der Waals surface area contributed by atoms with E-state index in [0.717, 1.165) is 24.5 Å². The summed E-state index contributed by atoms with van der Waals surface area (Å²) >= 11 is 0. The molecule has 0 aromatic carbocycles. The summed E-state index contributed by atoms with van der Waals surface area (Å²) in [5, 5.41) is 0. The molecule has 1 aliphatic carbocycles. The van der Waals surface area contributed by atoms with Crippen molar-refractivity contribution in [2.24, 2.45) is 11.7 Å². The number of hydrogen-bond acceptors (Lipinski definition) is 1. The predicted octanol–water partition coefficient (Wildman–Crippen LogP) is 4.71. The van der Waals surface area contributed by atoms with Gasteiger partial charge in [0.15, 0.2) is 0 Å². The van der Waals surface area contributed by atoms with Gasteiger partial charge in [-0.15, -0.1) is 0 Å². The summed E-state index contributed by atoms with van der Waals surface area (Å²) in [6.07, 6.45) is 5.85. The molecule has 0 radical (unpaired) electrons. The van der Waals surface area contributed by atoms with Gasteiger partial charge >= 0.3 is 0 Å². The van der Waals surface area contributed by atoms with Gasteiger partial charge in [0.25, 0.3) is 0 Å². The Bertz CT molecular complexity index is 354. The van der Waals surface area contributed by atoms with Gasteiger partial charge in [-0.3, -0.25) is 0 Å². The van der Waals surface area contributed by atoms with Crippen LogP contribution in [-0.4, -0.2) is 0 Å². The Morgan fingerprint density at radius 3 is 2.59 bits per heavy atom. The SMILES string of the molecule is C=C(CCC)/C(C1=C(C)CC(C)CC1)=C(/C)N. The first-order valence-electron chi connectivity index (χ1n) is 6.80. The standard InChI is InChI=1S/C16H27N/c1-6-7-12(3)16(14(5)17)15-9-8-11(2)10-13(15)4/h11H,3,6-10,17H2,1-2,4-5H3/b16-14+. The second kappa shape index (κ2) is 6.09. The molecule has 1 rings (SSSR count). The molecule has 0 saturated carbocycles. The number of nitrogens with two attached hydrogens (primary N) is 1. The van der Waals surface area contributed by atoms with Crippen molar-refractivity contribution >= 4 is 0 Å². The topological polar surface area (TPSA) is 26.0 Å². The highest BCUT2D eigenvalue weighted by molar-refractivity contribution is 5.50. The van der Waals surface area contributed by atoms with E-state index in [1.165, 1.54) is 41.6 Å². The van der Waals surface area contributed by atoms with Crippen molar-refractivity contribution in [3.8, 4) is 0 Å². The Balaban J connectivity index is 3.05. The molecular formula is C16H27N. The van der Waals surface area contributed by atoms with E-state index in [9.17, 15) is 0 Å². The van der Waals surface area contributed by atoms with E-state index >= 15 is 0 Å². The number of rotatable bonds is 4. The van der Waals surface area contributed by atoms with E-state index < -0.39 is 0 Å². The fourth-order valence-electron chi connectivity index (χ4n) is 2.85. The van der Waals surface area contributed by atoms with Crippen LogP contribution in [-0.2, 0) is 0 Å². The number of allylic oxidation sites excluding steroid dienone is 5. The Kier molecular flexibility index (Phi) is 5.04. The summed E-state index contributed by atoms with van der Waals surface area (Å²) < 4.78 is 0. The molecule has 1 heteroatoms. The first-order valence-corrected chi connectivity index (χ1v) is 6.80.